The van der Waals surface area contributed by atoms with Crippen LogP contribution in [0.15, 0.2) is 41.0 Å². The number of aromatic nitrogens is 2. The molecule has 0 saturated carbocycles. The van der Waals surface area contributed by atoms with Gasteiger partial charge in [0.25, 0.3) is 0 Å². The van der Waals surface area contributed by atoms with Crippen LogP contribution in [0.25, 0.3) is 0 Å². The first kappa shape index (κ1) is 14.1. The maximum atomic E-state index is 5.58. The first-order valence-electron chi connectivity index (χ1n) is 6.36. The molecule has 0 fully saturated rings. The summed E-state index contributed by atoms with van der Waals surface area (Å²) in [5.41, 5.74) is 6.89. The normalized spacial score (nSPS) is 11.1. The Hall–Kier alpha value is -1.33. The molecule has 19 heavy (non-hydrogen) atoms. The lowest BCUT2D eigenvalue weighted by molar-refractivity contribution is 0.311. The fourth-order valence-corrected chi connectivity index (χ4v) is 2.41. The van der Waals surface area contributed by atoms with Crippen molar-refractivity contribution in [2.75, 3.05) is 19.3 Å². The maximum Gasteiger partial charge on any atom is 0.145 e. The van der Waals surface area contributed by atoms with Gasteiger partial charge in [-0.1, -0.05) is 34.1 Å². The third-order valence-corrected chi connectivity index (χ3v) is 3.76. The second-order valence-electron chi connectivity index (χ2n) is 4.69. The molecule has 0 bridgehead atoms. The molecule has 2 aromatic rings. The van der Waals surface area contributed by atoms with Crippen LogP contribution in [0.3, 0.4) is 0 Å². The Morgan fingerprint density at radius 1 is 1.32 bits per heavy atom. The lowest BCUT2D eigenvalue weighted by Crippen LogP contribution is -2.20. The summed E-state index contributed by atoms with van der Waals surface area (Å²) < 4.78 is 3.06. The summed E-state index contributed by atoms with van der Waals surface area (Å²) in [6.45, 7) is 2.88. The van der Waals surface area contributed by atoms with Crippen LogP contribution in [0.5, 0.6) is 0 Å². The van der Waals surface area contributed by atoms with Gasteiger partial charge >= 0.3 is 0 Å². The van der Waals surface area contributed by atoms with Crippen molar-refractivity contribution in [3.8, 4) is 0 Å². The molecule has 5 heteroatoms. The van der Waals surface area contributed by atoms with Gasteiger partial charge in [0.2, 0.25) is 0 Å². The minimum atomic E-state index is 0.585. The summed E-state index contributed by atoms with van der Waals surface area (Å²) >= 11 is 3.58. The van der Waals surface area contributed by atoms with Crippen molar-refractivity contribution in [1.82, 2.24) is 14.7 Å². The summed E-state index contributed by atoms with van der Waals surface area (Å²) in [6, 6.07) is 10.2. The summed E-state index contributed by atoms with van der Waals surface area (Å²) in [4.78, 5) is 2.31. The molecule has 0 amide bonds. The molecule has 1 aromatic heterocycles. The van der Waals surface area contributed by atoms with Gasteiger partial charge in [0, 0.05) is 23.8 Å². The minimum absolute atomic E-state index is 0.585. The van der Waals surface area contributed by atoms with E-state index in [2.05, 4.69) is 51.2 Å². The highest BCUT2D eigenvalue weighted by atomic mass is 79.9. The van der Waals surface area contributed by atoms with Crippen molar-refractivity contribution in [3.63, 3.8) is 0 Å². The highest BCUT2D eigenvalue weighted by Crippen LogP contribution is 2.17. The van der Waals surface area contributed by atoms with Crippen LogP contribution >= 0.6 is 15.9 Å². The van der Waals surface area contributed by atoms with Gasteiger partial charge in [-0.2, -0.15) is 5.10 Å². The summed E-state index contributed by atoms with van der Waals surface area (Å²) in [6.07, 6.45) is 2.98. The van der Waals surface area contributed by atoms with Crippen LogP contribution in [0.2, 0.25) is 0 Å². The van der Waals surface area contributed by atoms with Gasteiger partial charge in [-0.3, -0.25) is 4.68 Å². The second kappa shape index (κ2) is 6.73. The van der Waals surface area contributed by atoms with Crippen molar-refractivity contribution in [2.45, 2.75) is 19.5 Å². The zero-order valence-corrected chi connectivity index (χ0v) is 12.7. The number of halogens is 1. The number of anilines is 1. The van der Waals surface area contributed by atoms with Crippen molar-refractivity contribution >= 4 is 21.7 Å². The minimum Gasteiger partial charge on any atom is -0.382 e. The molecule has 0 unspecified atom stereocenters. The number of nitrogen functional groups attached to an aromatic ring is 1. The zero-order valence-electron chi connectivity index (χ0n) is 11.1. The Balaban J connectivity index is 1.76. The van der Waals surface area contributed by atoms with E-state index in [0.717, 1.165) is 26.1 Å². The average Bonchev–Trinajstić information content (AvgIpc) is 2.78. The lowest BCUT2D eigenvalue weighted by Gasteiger charge is -2.17. The van der Waals surface area contributed by atoms with Crippen LogP contribution in [0.1, 0.15) is 12.0 Å². The number of nitrogens with zero attached hydrogens (tertiary/aromatic N) is 3. The van der Waals surface area contributed by atoms with Crippen LogP contribution in [0, 0.1) is 0 Å². The number of nitrogens with two attached hydrogens (primary N) is 1. The van der Waals surface area contributed by atoms with Gasteiger partial charge in [-0.25, -0.2) is 0 Å². The van der Waals surface area contributed by atoms with Crippen LogP contribution in [-0.4, -0.2) is 28.3 Å². The molecule has 1 aromatic carbocycles. The Bertz CT molecular complexity index is 524. The number of hydrogen-bond acceptors (Lipinski definition) is 3. The van der Waals surface area contributed by atoms with E-state index in [1.54, 1.807) is 0 Å². The number of hydrogen-bond donors (Lipinski definition) is 1. The second-order valence-corrected chi connectivity index (χ2v) is 5.54. The molecular formula is C14H19BrN4. The van der Waals surface area contributed by atoms with Crippen LogP contribution < -0.4 is 5.73 Å². The quantitative estimate of drug-likeness (QED) is 0.889. The standard InChI is InChI=1S/C14H19BrN4/c1-18(11-12-5-2-3-6-13(12)15)8-4-9-19-10-7-14(16)17-19/h2-3,5-7,10H,4,8-9,11H2,1H3,(H2,16,17). The molecule has 2 N–H and O–H groups in total. The molecule has 0 spiro atoms. The lowest BCUT2D eigenvalue weighted by atomic mass is 10.2. The molecule has 0 atom stereocenters. The van der Waals surface area contributed by atoms with Crippen LogP contribution in [0.4, 0.5) is 5.82 Å². The van der Waals surface area contributed by atoms with E-state index in [1.165, 1.54) is 10.0 Å². The Labute approximate surface area is 122 Å². The summed E-state index contributed by atoms with van der Waals surface area (Å²) in [5, 5.41) is 4.17. The van der Waals surface area contributed by atoms with E-state index >= 15 is 0 Å². The fraction of sp³-hybridized carbons (Fsp3) is 0.357. The van der Waals surface area contributed by atoms with Gasteiger partial charge in [-0.05, 0) is 37.7 Å². The summed E-state index contributed by atoms with van der Waals surface area (Å²) in [5.74, 6) is 0.585. The topological polar surface area (TPSA) is 47.1 Å². The Morgan fingerprint density at radius 2 is 2.11 bits per heavy atom. The predicted molar refractivity (Wildman–Crippen MR) is 81.7 cm³/mol. The van der Waals surface area contributed by atoms with E-state index < -0.39 is 0 Å². The van der Waals surface area contributed by atoms with E-state index in [1.807, 2.05) is 23.0 Å². The SMILES string of the molecule is CN(CCCn1ccc(N)n1)Cc1ccccc1Br. The Morgan fingerprint density at radius 3 is 2.79 bits per heavy atom. The maximum absolute atomic E-state index is 5.58. The molecule has 0 aliphatic rings. The smallest absolute Gasteiger partial charge is 0.145 e. The van der Waals surface area contributed by atoms with Gasteiger partial charge in [0.05, 0.1) is 0 Å². The first-order valence-corrected chi connectivity index (χ1v) is 7.15. The number of rotatable bonds is 6. The third kappa shape index (κ3) is 4.36. The molecule has 2 rings (SSSR count). The molecule has 0 aliphatic carbocycles. The van der Waals surface area contributed by atoms with Crippen LogP contribution in [-0.2, 0) is 13.1 Å². The zero-order chi connectivity index (χ0) is 13.7. The van der Waals surface area contributed by atoms with E-state index in [4.69, 9.17) is 5.73 Å². The van der Waals surface area contributed by atoms with Gasteiger partial charge in [0.15, 0.2) is 0 Å². The third-order valence-electron chi connectivity index (χ3n) is 2.99. The average molecular weight is 323 g/mol. The van der Waals surface area contributed by atoms with Crippen molar-refractivity contribution in [3.05, 3.63) is 46.6 Å². The number of benzene rings is 1. The fourth-order valence-electron chi connectivity index (χ4n) is 2.00. The van der Waals surface area contributed by atoms with Gasteiger partial charge in [-0.15, -0.1) is 0 Å². The molecule has 0 aliphatic heterocycles. The van der Waals surface area contributed by atoms with E-state index in [-0.39, 0.29) is 0 Å². The van der Waals surface area contributed by atoms with Crippen molar-refractivity contribution in [1.29, 1.82) is 0 Å². The molecule has 0 radical (unpaired) electrons. The summed E-state index contributed by atoms with van der Waals surface area (Å²) in [7, 11) is 2.14. The van der Waals surface area contributed by atoms with E-state index in [9.17, 15) is 0 Å². The monoisotopic (exact) mass is 322 g/mol. The highest BCUT2D eigenvalue weighted by molar-refractivity contribution is 9.10. The highest BCUT2D eigenvalue weighted by Gasteiger charge is 2.03. The first-order chi connectivity index (χ1) is 9.15. The molecule has 4 nitrogen and oxygen atoms in total. The largest absolute Gasteiger partial charge is 0.382 e. The van der Waals surface area contributed by atoms with Crippen molar-refractivity contribution in [2.24, 2.45) is 0 Å². The van der Waals surface area contributed by atoms with Gasteiger partial charge < -0.3 is 10.6 Å². The molecule has 0 saturated heterocycles. The molecule has 102 valence electrons. The molecular weight excluding hydrogens is 304 g/mol. The van der Waals surface area contributed by atoms with Crippen molar-refractivity contribution < 1.29 is 0 Å². The molecule has 1 heterocycles. The Kier molecular flexibility index (Phi) is 4.99. The number of aryl methyl sites for hydroxylation is 1. The van der Waals surface area contributed by atoms with Gasteiger partial charge in [0.1, 0.15) is 5.82 Å². The predicted octanol–water partition coefficient (Wildman–Crippen LogP) is 2.75. The van der Waals surface area contributed by atoms with E-state index in [0.29, 0.717) is 5.82 Å².